The molecule has 2 heterocycles. The zero-order valence-electron chi connectivity index (χ0n) is 14.6. The number of hydrogen-bond donors (Lipinski definition) is 1. The molecular formula is C20H18N4OS. The van der Waals surface area contributed by atoms with E-state index >= 15 is 0 Å². The third-order valence-electron chi connectivity index (χ3n) is 4.25. The lowest BCUT2D eigenvalue weighted by molar-refractivity contribution is -0.116. The molecule has 0 aliphatic rings. The second-order valence-electron chi connectivity index (χ2n) is 6.27. The molecule has 0 bridgehead atoms. The maximum atomic E-state index is 12.4. The average molecular weight is 362 g/mol. The van der Waals surface area contributed by atoms with E-state index in [1.54, 1.807) is 6.33 Å². The third kappa shape index (κ3) is 3.23. The Hall–Kier alpha value is -2.99. The van der Waals surface area contributed by atoms with Crippen LogP contribution in [0, 0.1) is 13.8 Å². The van der Waals surface area contributed by atoms with Crippen LogP contribution in [0.3, 0.4) is 0 Å². The highest BCUT2D eigenvalue weighted by atomic mass is 32.1. The summed E-state index contributed by atoms with van der Waals surface area (Å²) in [6, 6.07) is 14.0. The number of fused-ring (bicyclic) bond motifs is 1. The average Bonchev–Trinajstić information content (AvgIpc) is 3.23. The highest BCUT2D eigenvalue weighted by molar-refractivity contribution is 7.14. The van der Waals surface area contributed by atoms with Gasteiger partial charge in [-0.05, 0) is 31.5 Å². The summed E-state index contributed by atoms with van der Waals surface area (Å²) in [6.45, 7) is 4.35. The molecule has 26 heavy (non-hydrogen) atoms. The molecule has 0 radical (unpaired) electrons. The highest BCUT2D eigenvalue weighted by Crippen LogP contribution is 2.28. The van der Waals surface area contributed by atoms with Gasteiger partial charge < -0.3 is 9.88 Å². The number of nitrogens with one attached hydrogen (secondary N) is 1. The van der Waals surface area contributed by atoms with Gasteiger partial charge in [-0.2, -0.15) is 0 Å². The second-order valence-corrected chi connectivity index (χ2v) is 7.12. The van der Waals surface area contributed by atoms with Gasteiger partial charge in [0.2, 0.25) is 5.91 Å². The lowest BCUT2D eigenvalue weighted by Gasteiger charge is -2.05. The zero-order chi connectivity index (χ0) is 18.1. The van der Waals surface area contributed by atoms with Crippen LogP contribution in [0.5, 0.6) is 0 Å². The van der Waals surface area contributed by atoms with Crippen molar-refractivity contribution in [2.75, 3.05) is 5.32 Å². The van der Waals surface area contributed by atoms with E-state index in [1.165, 1.54) is 22.5 Å². The Morgan fingerprint density at radius 1 is 1.19 bits per heavy atom. The Morgan fingerprint density at radius 2 is 2.04 bits per heavy atom. The number of anilines is 1. The third-order valence-corrected chi connectivity index (χ3v) is 5.01. The quantitative estimate of drug-likeness (QED) is 0.585. The molecule has 130 valence electrons. The van der Waals surface area contributed by atoms with Crippen molar-refractivity contribution in [2.45, 2.75) is 20.4 Å². The fourth-order valence-corrected chi connectivity index (χ4v) is 3.73. The first-order valence-corrected chi connectivity index (χ1v) is 9.21. The maximum Gasteiger partial charge on any atom is 0.246 e. The van der Waals surface area contributed by atoms with Crippen LogP contribution in [0.2, 0.25) is 0 Å². The van der Waals surface area contributed by atoms with Gasteiger partial charge in [0, 0.05) is 10.9 Å². The second kappa shape index (κ2) is 6.72. The Balaban J connectivity index is 1.49. The maximum absolute atomic E-state index is 12.4. The van der Waals surface area contributed by atoms with Gasteiger partial charge in [-0.3, -0.25) is 4.79 Å². The fourth-order valence-electron chi connectivity index (χ4n) is 3.01. The predicted molar refractivity (Wildman–Crippen MR) is 105 cm³/mol. The number of thiazole rings is 1. The summed E-state index contributed by atoms with van der Waals surface area (Å²) in [5.41, 5.74) is 6.20. The summed E-state index contributed by atoms with van der Waals surface area (Å²) in [5.74, 6) is -0.116. The summed E-state index contributed by atoms with van der Waals surface area (Å²) in [5, 5.41) is 5.46. The van der Waals surface area contributed by atoms with Gasteiger partial charge in [-0.25, -0.2) is 9.97 Å². The van der Waals surface area contributed by atoms with Crippen molar-refractivity contribution in [3.05, 3.63) is 65.3 Å². The van der Waals surface area contributed by atoms with E-state index in [0.29, 0.717) is 5.13 Å². The van der Waals surface area contributed by atoms with Crippen LogP contribution in [0.4, 0.5) is 5.13 Å². The summed E-state index contributed by atoms with van der Waals surface area (Å²) >= 11 is 1.43. The molecule has 0 unspecified atom stereocenters. The Bertz CT molecular complexity index is 1100. The molecule has 2 aromatic heterocycles. The minimum atomic E-state index is -0.116. The molecular weight excluding hydrogens is 344 g/mol. The number of benzene rings is 2. The van der Waals surface area contributed by atoms with Crippen molar-refractivity contribution in [1.82, 2.24) is 14.5 Å². The summed E-state index contributed by atoms with van der Waals surface area (Å²) in [6.07, 6.45) is 1.69. The van der Waals surface area contributed by atoms with Crippen LogP contribution in [-0.2, 0) is 11.3 Å². The summed E-state index contributed by atoms with van der Waals surface area (Å²) < 4.78 is 1.84. The van der Waals surface area contributed by atoms with Gasteiger partial charge in [0.1, 0.15) is 6.54 Å². The van der Waals surface area contributed by atoms with Crippen LogP contribution < -0.4 is 5.32 Å². The van der Waals surface area contributed by atoms with E-state index in [1.807, 2.05) is 34.2 Å². The molecule has 4 rings (SSSR count). The smallest absolute Gasteiger partial charge is 0.246 e. The van der Waals surface area contributed by atoms with Gasteiger partial charge >= 0.3 is 0 Å². The van der Waals surface area contributed by atoms with Crippen molar-refractivity contribution in [3.63, 3.8) is 0 Å². The van der Waals surface area contributed by atoms with Gasteiger partial charge in [-0.1, -0.05) is 35.9 Å². The van der Waals surface area contributed by atoms with Crippen molar-refractivity contribution in [2.24, 2.45) is 0 Å². The minimum absolute atomic E-state index is 0.116. The first-order valence-electron chi connectivity index (χ1n) is 8.33. The van der Waals surface area contributed by atoms with E-state index in [0.717, 1.165) is 22.3 Å². The fraction of sp³-hybridized carbons (Fsp3) is 0.150. The predicted octanol–water partition coefficient (Wildman–Crippen LogP) is 4.42. The van der Waals surface area contributed by atoms with Gasteiger partial charge in [-0.15, -0.1) is 11.3 Å². The largest absolute Gasteiger partial charge is 0.321 e. The van der Waals surface area contributed by atoms with Crippen molar-refractivity contribution in [3.8, 4) is 11.3 Å². The Labute approximate surface area is 155 Å². The number of nitrogens with zero attached hydrogens (tertiary/aromatic N) is 3. The van der Waals surface area contributed by atoms with Crippen LogP contribution in [-0.4, -0.2) is 20.4 Å². The first-order chi connectivity index (χ1) is 12.6. The number of imidazole rings is 1. The number of aromatic nitrogens is 3. The monoisotopic (exact) mass is 362 g/mol. The van der Waals surface area contributed by atoms with Crippen molar-refractivity contribution < 1.29 is 4.79 Å². The number of carbonyl (C=O) groups excluding carboxylic acids is 1. The topological polar surface area (TPSA) is 59.8 Å². The molecule has 1 amide bonds. The number of carbonyl (C=O) groups is 1. The van der Waals surface area contributed by atoms with Gasteiger partial charge in [0.25, 0.3) is 0 Å². The van der Waals surface area contributed by atoms with Crippen LogP contribution in [0.15, 0.2) is 54.2 Å². The number of amides is 1. The van der Waals surface area contributed by atoms with E-state index < -0.39 is 0 Å². The molecule has 0 saturated heterocycles. The lowest BCUT2D eigenvalue weighted by atomic mass is 10.0. The number of aryl methyl sites for hydroxylation is 2. The van der Waals surface area contributed by atoms with E-state index in [9.17, 15) is 4.79 Å². The SMILES string of the molecule is Cc1ccc(-c2csc(NC(=O)Cn3cnc4ccccc43)n2)c(C)c1. The number of para-hydroxylation sites is 2. The van der Waals surface area contributed by atoms with Crippen molar-refractivity contribution >= 4 is 33.4 Å². The lowest BCUT2D eigenvalue weighted by Crippen LogP contribution is -2.18. The summed E-state index contributed by atoms with van der Waals surface area (Å²) in [7, 11) is 0. The standard InChI is InChI=1S/C20H18N4OS/c1-13-7-8-15(14(2)9-13)17-11-26-20(22-17)23-19(25)10-24-12-21-16-5-3-4-6-18(16)24/h3-9,11-12H,10H2,1-2H3,(H,22,23,25). The molecule has 6 heteroatoms. The first kappa shape index (κ1) is 16.5. The normalized spacial score (nSPS) is 11.0. The summed E-state index contributed by atoms with van der Waals surface area (Å²) in [4.78, 5) is 21.3. The molecule has 0 atom stereocenters. The molecule has 0 aliphatic heterocycles. The van der Waals surface area contributed by atoms with E-state index in [4.69, 9.17) is 0 Å². The molecule has 0 fully saturated rings. The van der Waals surface area contributed by atoms with Gasteiger partial charge in [0.05, 0.1) is 23.1 Å². The molecule has 0 spiro atoms. The Kier molecular flexibility index (Phi) is 4.26. The van der Waals surface area contributed by atoms with Crippen molar-refractivity contribution in [1.29, 1.82) is 0 Å². The van der Waals surface area contributed by atoms with Crippen LogP contribution in [0.1, 0.15) is 11.1 Å². The van der Waals surface area contributed by atoms with E-state index in [-0.39, 0.29) is 12.5 Å². The van der Waals surface area contributed by atoms with Crippen LogP contribution in [0.25, 0.3) is 22.3 Å². The molecule has 5 nitrogen and oxygen atoms in total. The van der Waals surface area contributed by atoms with E-state index in [2.05, 4.69) is 47.3 Å². The van der Waals surface area contributed by atoms with Gasteiger partial charge in [0.15, 0.2) is 5.13 Å². The molecule has 0 saturated carbocycles. The number of rotatable bonds is 4. The van der Waals surface area contributed by atoms with Crippen LogP contribution >= 0.6 is 11.3 Å². The number of hydrogen-bond acceptors (Lipinski definition) is 4. The molecule has 4 aromatic rings. The Morgan fingerprint density at radius 3 is 2.88 bits per heavy atom. The zero-order valence-corrected chi connectivity index (χ0v) is 15.4. The molecule has 2 aromatic carbocycles. The highest BCUT2D eigenvalue weighted by Gasteiger charge is 2.11. The molecule has 1 N–H and O–H groups in total. The minimum Gasteiger partial charge on any atom is -0.321 e. The molecule has 0 aliphatic carbocycles.